The largest absolute Gasteiger partial charge is 0.326 e. The number of halogens is 1. The SMILES string of the molecule is NC1CNC(C2CCC(F)CC2)NC1. The van der Waals surface area contributed by atoms with Crippen LogP contribution >= 0.6 is 0 Å². The van der Waals surface area contributed by atoms with Gasteiger partial charge in [0.1, 0.15) is 6.17 Å². The van der Waals surface area contributed by atoms with Crippen molar-refractivity contribution in [2.24, 2.45) is 11.7 Å². The van der Waals surface area contributed by atoms with E-state index in [1.807, 2.05) is 0 Å². The van der Waals surface area contributed by atoms with Crippen molar-refractivity contribution in [2.45, 2.75) is 44.1 Å². The van der Waals surface area contributed by atoms with E-state index in [0.717, 1.165) is 38.8 Å². The fraction of sp³-hybridized carbons (Fsp3) is 1.00. The van der Waals surface area contributed by atoms with Gasteiger partial charge in [0, 0.05) is 19.1 Å². The third-order valence-corrected chi connectivity index (χ3v) is 3.37. The molecule has 1 saturated heterocycles. The molecule has 1 aliphatic heterocycles. The lowest BCUT2D eigenvalue weighted by Gasteiger charge is -2.37. The quantitative estimate of drug-likeness (QED) is 0.574. The summed E-state index contributed by atoms with van der Waals surface area (Å²) in [5, 5.41) is 6.79. The van der Waals surface area contributed by atoms with Crippen LogP contribution in [-0.4, -0.2) is 31.5 Å². The van der Waals surface area contributed by atoms with Crippen LogP contribution in [-0.2, 0) is 0 Å². The van der Waals surface area contributed by atoms with Gasteiger partial charge >= 0.3 is 0 Å². The Kier molecular flexibility index (Phi) is 3.36. The Balaban J connectivity index is 1.78. The van der Waals surface area contributed by atoms with Gasteiger partial charge in [-0.2, -0.15) is 0 Å². The Bertz CT molecular complexity index is 152. The van der Waals surface area contributed by atoms with Crippen LogP contribution < -0.4 is 16.4 Å². The zero-order valence-corrected chi connectivity index (χ0v) is 8.51. The monoisotopic (exact) mass is 201 g/mol. The number of nitrogens with two attached hydrogens (primary N) is 1. The Morgan fingerprint density at radius 2 is 1.57 bits per heavy atom. The molecule has 0 atom stereocenters. The summed E-state index contributed by atoms with van der Waals surface area (Å²) >= 11 is 0. The molecule has 2 rings (SSSR count). The topological polar surface area (TPSA) is 50.1 Å². The first kappa shape index (κ1) is 10.3. The summed E-state index contributed by atoms with van der Waals surface area (Å²) < 4.78 is 12.9. The van der Waals surface area contributed by atoms with Gasteiger partial charge in [0.05, 0.1) is 6.17 Å². The molecule has 4 heteroatoms. The van der Waals surface area contributed by atoms with Crippen LogP contribution in [0.5, 0.6) is 0 Å². The lowest BCUT2D eigenvalue weighted by atomic mass is 9.85. The van der Waals surface area contributed by atoms with E-state index < -0.39 is 6.17 Å². The molecule has 0 bridgehead atoms. The second kappa shape index (κ2) is 4.55. The zero-order chi connectivity index (χ0) is 9.97. The van der Waals surface area contributed by atoms with E-state index in [1.165, 1.54) is 0 Å². The molecule has 14 heavy (non-hydrogen) atoms. The lowest BCUT2D eigenvalue weighted by Crippen LogP contribution is -2.60. The molecule has 0 aromatic rings. The number of hydrogen-bond donors (Lipinski definition) is 3. The van der Waals surface area contributed by atoms with Crippen LogP contribution in [0.2, 0.25) is 0 Å². The zero-order valence-electron chi connectivity index (χ0n) is 8.51. The summed E-state index contributed by atoms with van der Waals surface area (Å²) in [7, 11) is 0. The predicted molar refractivity (Wildman–Crippen MR) is 54.6 cm³/mol. The van der Waals surface area contributed by atoms with Crippen LogP contribution in [0, 0.1) is 5.92 Å². The van der Waals surface area contributed by atoms with E-state index in [2.05, 4.69) is 10.6 Å². The van der Waals surface area contributed by atoms with Gasteiger partial charge in [0.25, 0.3) is 0 Å². The van der Waals surface area contributed by atoms with Gasteiger partial charge in [-0.3, -0.25) is 0 Å². The van der Waals surface area contributed by atoms with E-state index in [1.54, 1.807) is 0 Å². The normalized spacial score (nSPS) is 45.0. The van der Waals surface area contributed by atoms with E-state index in [9.17, 15) is 4.39 Å². The first-order chi connectivity index (χ1) is 6.75. The third kappa shape index (κ3) is 2.43. The summed E-state index contributed by atoms with van der Waals surface area (Å²) in [4.78, 5) is 0. The number of alkyl halides is 1. The first-order valence-corrected chi connectivity index (χ1v) is 5.62. The van der Waals surface area contributed by atoms with Crippen LogP contribution in [0.3, 0.4) is 0 Å². The molecule has 0 aromatic carbocycles. The van der Waals surface area contributed by atoms with Crippen LogP contribution in [0.15, 0.2) is 0 Å². The molecule has 2 aliphatic rings. The molecular weight excluding hydrogens is 181 g/mol. The van der Waals surface area contributed by atoms with Crippen molar-refractivity contribution in [3.05, 3.63) is 0 Å². The number of nitrogens with one attached hydrogen (secondary N) is 2. The minimum absolute atomic E-state index is 0.226. The van der Waals surface area contributed by atoms with Crippen molar-refractivity contribution in [3.8, 4) is 0 Å². The molecule has 1 heterocycles. The van der Waals surface area contributed by atoms with Gasteiger partial charge in [-0.05, 0) is 31.6 Å². The smallest absolute Gasteiger partial charge is 0.100 e. The molecule has 1 aliphatic carbocycles. The van der Waals surface area contributed by atoms with E-state index in [0.29, 0.717) is 12.1 Å². The second-order valence-corrected chi connectivity index (χ2v) is 4.57. The maximum atomic E-state index is 12.9. The van der Waals surface area contributed by atoms with Gasteiger partial charge in [-0.15, -0.1) is 0 Å². The van der Waals surface area contributed by atoms with Crippen LogP contribution in [0.4, 0.5) is 4.39 Å². The summed E-state index contributed by atoms with van der Waals surface area (Å²) in [5.41, 5.74) is 5.76. The molecule has 2 fully saturated rings. The highest BCUT2D eigenvalue weighted by atomic mass is 19.1. The molecular formula is C10H20FN3. The summed E-state index contributed by atoms with van der Waals surface area (Å²) in [6.45, 7) is 1.76. The van der Waals surface area contributed by atoms with Gasteiger partial charge in [0.15, 0.2) is 0 Å². The van der Waals surface area contributed by atoms with Crippen molar-refractivity contribution in [1.29, 1.82) is 0 Å². The fourth-order valence-electron chi connectivity index (χ4n) is 2.45. The first-order valence-electron chi connectivity index (χ1n) is 5.62. The molecule has 82 valence electrons. The Hall–Kier alpha value is -0.190. The standard InChI is InChI=1S/C10H20FN3/c11-8-3-1-7(2-4-8)10-13-5-9(12)6-14-10/h7-10,13-14H,1-6,12H2. The van der Waals surface area contributed by atoms with Crippen molar-refractivity contribution in [1.82, 2.24) is 10.6 Å². The van der Waals surface area contributed by atoms with Gasteiger partial charge in [-0.25, -0.2) is 4.39 Å². The average Bonchev–Trinajstić information content (AvgIpc) is 2.21. The van der Waals surface area contributed by atoms with Crippen molar-refractivity contribution >= 4 is 0 Å². The number of hydrogen-bond acceptors (Lipinski definition) is 3. The minimum atomic E-state index is -0.558. The molecule has 0 aromatic heterocycles. The minimum Gasteiger partial charge on any atom is -0.326 e. The maximum absolute atomic E-state index is 12.9. The summed E-state index contributed by atoms with van der Waals surface area (Å²) in [6.07, 6.45) is 3.27. The van der Waals surface area contributed by atoms with Crippen molar-refractivity contribution in [2.75, 3.05) is 13.1 Å². The van der Waals surface area contributed by atoms with E-state index in [-0.39, 0.29) is 6.04 Å². The Morgan fingerprint density at radius 1 is 1.00 bits per heavy atom. The van der Waals surface area contributed by atoms with Crippen LogP contribution in [0.25, 0.3) is 0 Å². The summed E-state index contributed by atoms with van der Waals surface area (Å²) in [5.74, 6) is 0.592. The lowest BCUT2D eigenvalue weighted by molar-refractivity contribution is 0.152. The Labute approximate surface area is 84.6 Å². The third-order valence-electron chi connectivity index (χ3n) is 3.37. The Morgan fingerprint density at radius 3 is 2.14 bits per heavy atom. The molecule has 0 unspecified atom stereocenters. The summed E-state index contributed by atoms with van der Waals surface area (Å²) in [6, 6.07) is 0.226. The van der Waals surface area contributed by atoms with E-state index >= 15 is 0 Å². The maximum Gasteiger partial charge on any atom is 0.100 e. The van der Waals surface area contributed by atoms with Gasteiger partial charge in [0.2, 0.25) is 0 Å². The second-order valence-electron chi connectivity index (χ2n) is 4.57. The van der Waals surface area contributed by atoms with Crippen LogP contribution in [0.1, 0.15) is 25.7 Å². The molecule has 1 saturated carbocycles. The average molecular weight is 201 g/mol. The molecule has 4 N–H and O–H groups in total. The molecule has 0 radical (unpaired) electrons. The molecule has 0 amide bonds. The highest BCUT2D eigenvalue weighted by Gasteiger charge is 2.29. The predicted octanol–water partition coefficient (Wildman–Crippen LogP) is 0.361. The van der Waals surface area contributed by atoms with E-state index in [4.69, 9.17) is 5.73 Å². The molecule has 3 nitrogen and oxygen atoms in total. The number of rotatable bonds is 1. The van der Waals surface area contributed by atoms with Crippen molar-refractivity contribution in [3.63, 3.8) is 0 Å². The van der Waals surface area contributed by atoms with Crippen molar-refractivity contribution < 1.29 is 4.39 Å². The van der Waals surface area contributed by atoms with Gasteiger partial charge in [-0.1, -0.05) is 0 Å². The fourth-order valence-corrected chi connectivity index (χ4v) is 2.45. The molecule has 0 spiro atoms. The van der Waals surface area contributed by atoms with Gasteiger partial charge < -0.3 is 16.4 Å². The highest BCUT2D eigenvalue weighted by Crippen LogP contribution is 2.28. The highest BCUT2D eigenvalue weighted by molar-refractivity contribution is 4.86.